The molecular weight excluding hydrogens is 229 g/mol. The minimum Gasteiger partial charge on any atom is -0.486 e. The summed E-state index contributed by atoms with van der Waals surface area (Å²) in [6, 6.07) is 4.92. The lowest BCUT2D eigenvalue weighted by Crippen LogP contribution is -2.06. The second-order valence-corrected chi connectivity index (χ2v) is 3.76. The van der Waals surface area contributed by atoms with Crippen LogP contribution >= 0.6 is 11.6 Å². The zero-order chi connectivity index (χ0) is 12.0. The second-order valence-electron chi connectivity index (χ2n) is 3.54. The van der Waals surface area contributed by atoms with Gasteiger partial charge in [-0.3, -0.25) is 0 Å². The van der Waals surface area contributed by atoms with E-state index in [9.17, 15) is 4.39 Å². The van der Waals surface area contributed by atoms with Crippen molar-refractivity contribution in [3.05, 3.63) is 40.7 Å². The molecule has 0 amide bonds. The van der Waals surface area contributed by atoms with E-state index < -0.39 is 0 Å². The first-order valence-electron chi connectivity index (χ1n) is 4.99. The highest BCUT2D eigenvalue weighted by Gasteiger charge is 2.04. The minimum absolute atomic E-state index is 0.248. The lowest BCUT2D eigenvalue weighted by atomic mass is 10.2. The van der Waals surface area contributed by atoms with Crippen LogP contribution in [0.5, 0.6) is 5.75 Å². The van der Waals surface area contributed by atoms with E-state index in [0.717, 1.165) is 11.1 Å². The highest BCUT2D eigenvalue weighted by Crippen LogP contribution is 2.19. The van der Waals surface area contributed by atoms with Gasteiger partial charge in [0.2, 0.25) is 0 Å². The maximum atomic E-state index is 13.5. The molecule has 0 spiro atoms. The van der Waals surface area contributed by atoms with Gasteiger partial charge in [-0.15, -0.1) is 0 Å². The van der Waals surface area contributed by atoms with Gasteiger partial charge in [0.25, 0.3) is 0 Å². The van der Waals surface area contributed by atoms with Crippen molar-refractivity contribution in [2.24, 2.45) is 0 Å². The van der Waals surface area contributed by atoms with Crippen molar-refractivity contribution in [3.8, 4) is 5.75 Å². The zero-order valence-corrected chi connectivity index (χ0v) is 10.1. The molecule has 16 heavy (non-hydrogen) atoms. The average Bonchev–Trinajstić information content (AvgIpc) is 2.28. The van der Waals surface area contributed by atoms with Crippen molar-refractivity contribution in [1.82, 2.24) is 5.32 Å². The minimum atomic E-state index is -0.352. The quantitative estimate of drug-likeness (QED) is 0.858. The largest absolute Gasteiger partial charge is 0.486 e. The van der Waals surface area contributed by atoms with Crippen LogP contribution < -0.4 is 10.1 Å². The molecule has 0 saturated heterocycles. The first-order chi connectivity index (χ1) is 7.67. The van der Waals surface area contributed by atoms with Gasteiger partial charge in [-0.05, 0) is 37.2 Å². The summed E-state index contributed by atoms with van der Waals surface area (Å²) < 4.78 is 18.8. The summed E-state index contributed by atoms with van der Waals surface area (Å²) >= 11 is 5.48. The van der Waals surface area contributed by atoms with Crippen LogP contribution in [0.4, 0.5) is 4.39 Å². The van der Waals surface area contributed by atoms with E-state index >= 15 is 0 Å². The van der Waals surface area contributed by atoms with Crippen LogP contribution in [0.25, 0.3) is 0 Å². The maximum absolute atomic E-state index is 13.5. The van der Waals surface area contributed by atoms with Gasteiger partial charge in [0.15, 0.2) is 11.6 Å². The summed E-state index contributed by atoms with van der Waals surface area (Å²) in [5.74, 6) is -0.104. The molecule has 0 atom stereocenters. The van der Waals surface area contributed by atoms with Crippen LogP contribution in [0.3, 0.4) is 0 Å². The third kappa shape index (κ3) is 3.83. The fraction of sp³-hybridized carbons (Fsp3) is 0.333. The third-order valence-electron chi connectivity index (χ3n) is 2.02. The highest BCUT2D eigenvalue weighted by atomic mass is 35.5. The summed E-state index contributed by atoms with van der Waals surface area (Å²) in [6.45, 7) is 2.75. The normalized spacial score (nSPS) is 11.6. The van der Waals surface area contributed by atoms with Crippen molar-refractivity contribution in [3.63, 3.8) is 0 Å². The molecule has 1 aromatic carbocycles. The van der Waals surface area contributed by atoms with E-state index in [2.05, 4.69) is 5.32 Å². The summed E-state index contributed by atoms with van der Waals surface area (Å²) in [7, 11) is 1.82. The molecule has 1 aromatic rings. The summed E-state index contributed by atoms with van der Waals surface area (Å²) in [4.78, 5) is 0. The predicted molar refractivity (Wildman–Crippen MR) is 64.3 cm³/mol. The molecule has 0 fully saturated rings. The number of hydrogen-bond donors (Lipinski definition) is 1. The number of nitrogens with one attached hydrogen (secondary N) is 1. The van der Waals surface area contributed by atoms with E-state index in [1.807, 2.05) is 20.0 Å². The molecule has 4 heteroatoms. The SMILES string of the molecule is CNCc1ccc(OC/C(C)=C/Cl)c(F)c1. The van der Waals surface area contributed by atoms with Crippen molar-refractivity contribution in [1.29, 1.82) is 0 Å². The Balaban J connectivity index is 2.67. The van der Waals surface area contributed by atoms with Gasteiger partial charge in [0.05, 0.1) is 0 Å². The van der Waals surface area contributed by atoms with Crippen molar-refractivity contribution in [2.45, 2.75) is 13.5 Å². The smallest absolute Gasteiger partial charge is 0.165 e. The van der Waals surface area contributed by atoms with Gasteiger partial charge in [-0.1, -0.05) is 17.7 Å². The van der Waals surface area contributed by atoms with Gasteiger partial charge in [-0.25, -0.2) is 4.39 Å². The molecule has 0 heterocycles. The average molecular weight is 244 g/mol. The molecule has 0 bridgehead atoms. The lowest BCUT2D eigenvalue weighted by molar-refractivity contribution is 0.332. The molecule has 0 aromatic heterocycles. The van der Waals surface area contributed by atoms with Gasteiger partial charge in [0.1, 0.15) is 6.61 Å². The Morgan fingerprint density at radius 2 is 2.31 bits per heavy atom. The van der Waals surface area contributed by atoms with Gasteiger partial charge < -0.3 is 10.1 Å². The van der Waals surface area contributed by atoms with Crippen LogP contribution in [0.1, 0.15) is 12.5 Å². The van der Waals surface area contributed by atoms with Crippen LogP contribution in [0, 0.1) is 5.82 Å². The molecule has 88 valence electrons. The molecule has 1 N–H and O–H groups in total. The molecule has 0 aliphatic carbocycles. The highest BCUT2D eigenvalue weighted by molar-refractivity contribution is 6.25. The van der Waals surface area contributed by atoms with E-state index in [4.69, 9.17) is 16.3 Å². The zero-order valence-electron chi connectivity index (χ0n) is 9.39. The summed E-state index contributed by atoms with van der Waals surface area (Å²) in [5.41, 5.74) is 3.16. The van der Waals surface area contributed by atoms with Gasteiger partial charge >= 0.3 is 0 Å². The van der Waals surface area contributed by atoms with Crippen molar-refractivity contribution in [2.75, 3.05) is 13.7 Å². The molecule has 2 nitrogen and oxygen atoms in total. The fourth-order valence-electron chi connectivity index (χ4n) is 1.20. The van der Waals surface area contributed by atoms with E-state index in [0.29, 0.717) is 13.2 Å². The van der Waals surface area contributed by atoms with Crippen molar-refractivity contribution >= 4 is 11.6 Å². The maximum Gasteiger partial charge on any atom is 0.165 e. The predicted octanol–water partition coefficient (Wildman–Crippen LogP) is 3.07. The molecule has 1 rings (SSSR count). The molecule has 0 radical (unpaired) electrons. The number of benzene rings is 1. The molecule has 0 aliphatic heterocycles. The van der Waals surface area contributed by atoms with Crippen LogP contribution in [0.15, 0.2) is 29.3 Å². The third-order valence-corrected chi connectivity index (χ3v) is 2.39. The molecule has 0 aliphatic rings. The number of hydrogen-bond acceptors (Lipinski definition) is 2. The number of ether oxygens (including phenoxy) is 1. The Morgan fingerprint density at radius 3 is 2.88 bits per heavy atom. The summed E-state index contributed by atoms with van der Waals surface area (Å²) in [6.07, 6.45) is 0. The Hall–Kier alpha value is -1.06. The van der Waals surface area contributed by atoms with Gasteiger partial charge in [0, 0.05) is 12.1 Å². The lowest BCUT2D eigenvalue weighted by Gasteiger charge is -2.08. The van der Waals surface area contributed by atoms with E-state index in [1.54, 1.807) is 6.07 Å². The van der Waals surface area contributed by atoms with Crippen LogP contribution in [-0.2, 0) is 6.54 Å². The monoisotopic (exact) mass is 243 g/mol. The van der Waals surface area contributed by atoms with Crippen LogP contribution in [0.2, 0.25) is 0 Å². The summed E-state index contributed by atoms with van der Waals surface area (Å²) in [5, 5.41) is 2.96. The Morgan fingerprint density at radius 1 is 1.56 bits per heavy atom. The first kappa shape index (κ1) is 13.0. The molecule has 0 unspecified atom stereocenters. The van der Waals surface area contributed by atoms with E-state index in [1.165, 1.54) is 11.6 Å². The molecule has 0 saturated carbocycles. The Kier molecular flexibility index (Phi) is 5.29. The second kappa shape index (κ2) is 6.51. The Bertz CT molecular complexity index is 379. The fourth-order valence-corrected chi connectivity index (χ4v) is 1.26. The molecular formula is C12H15ClFNO. The number of rotatable bonds is 5. The Labute approximate surface area is 100 Å². The van der Waals surface area contributed by atoms with Gasteiger partial charge in [-0.2, -0.15) is 0 Å². The topological polar surface area (TPSA) is 21.3 Å². The standard InChI is InChI=1S/C12H15ClFNO/c1-9(6-13)8-16-12-4-3-10(7-15-2)5-11(12)14/h3-6,15H,7-8H2,1-2H3/b9-6+. The number of halogens is 2. The van der Waals surface area contributed by atoms with E-state index in [-0.39, 0.29) is 11.6 Å². The first-order valence-corrected chi connectivity index (χ1v) is 5.42. The van der Waals surface area contributed by atoms with Crippen LogP contribution in [-0.4, -0.2) is 13.7 Å². The van der Waals surface area contributed by atoms with Crippen molar-refractivity contribution < 1.29 is 9.13 Å².